The van der Waals surface area contributed by atoms with Gasteiger partial charge in [0, 0.05) is 57.6 Å². The van der Waals surface area contributed by atoms with Gasteiger partial charge in [-0.05, 0) is 56.7 Å². The third-order valence-corrected chi connectivity index (χ3v) is 6.02. The molecule has 9 heteroatoms. The zero-order chi connectivity index (χ0) is 25.1. The number of aryl methyl sites for hydroxylation is 1. The van der Waals surface area contributed by atoms with E-state index in [9.17, 15) is 9.18 Å². The number of anilines is 3. The number of ether oxygens (including phenoxy) is 1. The Morgan fingerprint density at radius 2 is 1.91 bits per heavy atom. The lowest BCUT2D eigenvalue weighted by atomic mass is 10.1. The molecular formula is C26H31FN6O2. The maximum atomic E-state index is 13.5. The molecule has 3 heterocycles. The Labute approximate surface area is 205 Å². The Morgan fingerprint density at radius 3 is 2.54 bits per heavy atom. The van der Waals surface area contributed by atoms with Gasteiger partial charge in [0.25, 0.3) is 0 Å². The van der Waals surface area contributed by atoms with E-state index in [-0.39, 0.29) is 17.8 Å². The maximum absolute atomic E-state index is 13.5. The Kier molecular flexibility index (Phi) is 7.14. The predicted molar refractivity (Wildman–Crippen MR) is 136 cm³/mol. The first kappa shape index (κ1) is 24.4. The van der Waals surface area contributed by atoms with Crippen LogP contribution >= 0.6 is 0 Å². The average molecular weight is 479 g/mol. The number of benzene rings is 1. The van der Waals surface area contributed by atoms with Crippen LogP contribution in [0.15, 0.2) is 42.6 Å². The number of esters is 1. The largest absolute Gasteiger partial charge is 0.462 e. The fourth-order valence-corrected chi connectivity index (χ4v) is 4.25. The SMILES string of the molecule is CCOC(=O)c1cnc(N2CCN(c3cc(-c4ccc(F)cc4)nc(N(C)C)n3)C(C)C2)c(C)c1. The Bertz CT molecular complexity index is 1200. The summed E-state index contributed by atoms with van der Waals surface area (Å²) in [7, 11) is 3.81. The van der Waals surface area contributed by atoms with Crippen molar-refractivity contribution < 1.29 is 13.9 Å². The monoisotopic (exact) mass is 478 g/mol. The quantitative estimate of drug-likeness (QED) is 0.493. The molecule has 0 spiro atoms. The average Bonchev–Trinajstić information content (AvgIpc) is 2.84. The molecular weight excluding hydrogens is 447 g/mol. The van der Waals surface area contributed by atoms with Gasteiger partial charge in [0.1, 0.15) is 17.5 Å². The molecule has 1 atom stereocenters. The van der Waals surface area contributed by atoms with Gasteiger partial charge in [-0.25, -0.2) is 19.2 Å². The summed E-state index contributed by atoms with van der Waals surface area (Å²) in [6.45, 7) is 8.49. The lowest BCUT2D eigenvalue weighted by molar-refractivity contribution is 0.0526. The number of halogens is 1. The van der Waals surface area contributed by atoms with Gasteiger partial charge in [0.05, 0.1) is 17.9 Å². The summed E-state index contributed by atoms with van der Waals surface area (Å²) in [5, 5.41) is 0. The van der Waals surface area contributed by atoms with E-state index < -0.39 is 0 Å². The zero-order valence-electron chi connectivity index (χ0n) is 20.8. The Hall–Kier alpha value is -3.75. The van der Waals surface area contributed by atoms with Crippen molar-refractivity contribution in [3.8, 4) is 11.3 Å². The first-order chi connectivity index (χ1) is 16.8. The normalized spacial score (nSPS) is 15.8. The third-order valence-electron chi connectivity index (χ3n) is 6.02. The van der Waals surface area contributed by atoms with Gasteiger partial charge in [0.15, 0.2) is 0 Å². The van der Waals surface area contributed by atoms with Crippen molar-refractivity contribution in [3.63, 3.8) is 0 Å². The minimum absolute atomic E-state index is 0.153. The number of carbonyl (C=O) groups excluding carboxylic acids is 1. The Morgan fingerprint density at radius 1 is 1.17 bits per heavy atom. The van der Waals surface area contributed by atoms with Crippen molar-refractivity contribution in [1.82, 2.24) is 15.0 Å². The molecule has 0 radical (unpaired) electrons. The van der Waals surface area contributed by atoms with Crippen LogP contribution in [0.25, 0.3) is 11.3 Å². The van der Waals surface area contributed by atoms with Gasteiger partial charge in [-0.2, -0.15) is 4.98 Å². The topological polar surface area (TPSA) is 74.7 Å². The van der Waals surface area contributed by atoms with Crippen molar-refractivity contribution in [2.45, 2.75) is 26.8 Å². The first-order valence-electron chi connectivity index (χ1n) is 11.7. The molecule has 184 valence electrons. The molecule has 35 heavy (non-hydrogen) atoms. The van der Waals surface area contributed by atoms with Gasteiger partial charge in [-0.1, -0.05) is 0 Å². The smallest absolute Gasteiger partial charge is 0.339 e. The van der Waals surface area contributed by atoms with Crippen molar-refractivity contribution in [2.75, 3.05) is 55.0 Å². The maximum Gasteiger partial charge on any atom is 0.339 e. The number of pyridine rings is 1. The van der Waals surface area contributed by atoms with E-state index in [0.717, 1.165) is 48.1 Å². The number of nitrogens with zero attached hydrogens (tertiary/aromatic N) is 6. The zero-order valence-corrected chi connectivity index (χ0v) is 20.8. The number of carbonyl (C=O) groups is 1. The summed E-state index contributed by atoms with van der Waals surface area (Å²) in [6.07, 6.45) is 1.58. The highest BCUT2D eigenvalue weighted by Crippen LogP contribution is 2.29. The molecule has 2 aromatic heterocycles. The lowest BCUT2D eigenvalue weighted by Gasteiger charge is -2.41. The molecule has 1 unspecified atom stereocenters. The number of hydrogen-bond acceptors (Lipinski definition) is 8. The number of hydrogen-bond donors (Lipinski definition) is 0. The third kappa shape index (κ3) is 5.34. The van der Waals surface area contributed by atoms with Crippen LogP contribution in [-0.2, 0) is 4.74 Å². The molecule has 4 rings (SSSR count). The molecule has 1 aliphatic rings. The van der Waals surface area contributed by atoms with E-state index in [2.05, 4.69) is 26.7 Å². The minimum atomic E-state index is -0.356. The van der Waals surface area contributed by atoms with E-state index in [4.69, 9.17) is 9.72 Å². The summed E-state index contributed by atoms with van der Waals surface area (Å²) in [5.74, 6) is 1.67. The van der Waals surface area contributed by atoms with Gasteiger partial charge in [0.2, 0.25) is 5.95 Å². The van der Waals surface area contributed by atoms with Crippen molar-refractivity contribution in [2.24, 2.45) is 0 Å². The van der Waals surface area contributed by atoms with Gasteiger partial charge >= 0.3 is 5.97 Å². The van der Waals surface area contributed by atoms with E-state index in [0.29, 0.717) is 18.1 Å². The van der Waals surface area contributed by atoms with Crippen LogP contribution in [0.3, 0.4) is 0 Å². The highest BCUT2D eigenvalue weighted by Gasteiger charge is 2.27. The fraction of sp³-hybridized carbons (Fsp3) is 0.385. The van der Waals surface area contributed by atoms with Gasteiger partial charge in [-0.15, -0.1) is 0 Å². The lowest BCUT2D eigenvalue weighted by Crippen LogP contribution is -2.53. The molecule has 0 aliphatic carbocycles. The molecule has 0 N–H and O–H groups in total. The number of rotatable bonds is 6. The second kappa shape index (κ2) is 10.2. The fourth-order valence-electron chi connectivity index (χ4n) is 4.25. The highest BCUT2D eigenvalue weighted by molar-refractivity contribution is 5.89. The van der Waals surface area contributed by atoms with E-state index in [1.165, 1.54) is 12.1 Å². The summed E-state index contributed by atoms with van der Waals surface area (Å²) < 4.78 is 18.5. The van der Waals surface area contributed by atoms with Crippen LogP contribution in [-0.4, -0.2) is 67.3 Å². The predicted octanol–water partition coefficient (Wildman–Crippen LogP) is 3.94. The standard InChI is InChI=1S/C26H31FN6O2/c1-6-35-25(34)20-13-17(2)24(28-15-20)32-11-12-33(18(3)16-32)23-14-22(29-26(30-23)31(4)5)19-7-9-21(27)10-8-19/h7-10,13-15,18H,6,11-12,16H2,1-5H3. The first-order valence-corrected chi connectivity index (χ1v) is 11.7. The molecule has 1 aromatic carbocycles. The second-order valence-corrected chi connectivity index (χ2v) is 8.89. The van der Waals surface area contributed by atoms with Crippen LogP contribution in [0.4, 0.5) is 22.0 Å². The van der Waals surface area contributed by atoms with Crippen LogP contribution in [0.5, 0.6) is 0 Å². The van der Waals surface area contributed by atoms with Crippen LogP contribution in [0.1, 0.15) is 29.8 Å². The van der Waals surface area contributed by atoms with E-state index in [1.54, 1.807) is 25.3 Å². The number of aromatic nitrogens is 3. The van der Waals surface area contributed by atoms with Crippen LogP contribution in [0.2, 0.25) is 0 Å². The second-order valence-electron chi connectivity index (χ2n) is 8.89. The van der Waals surface area contributed by atoms with Gasteiger partial charge in [-0.3, -0.25) is 0 Å². The van der Waals surface area contributed by atoms with Crippen molar-refractivity contribution in [1.29, 1.82) is 0 Å². The molecule has 8 nitrogen and oxygen atoms in total. The van der Waals surface area contributed by atoms with Crippen LogP contribution in [0, 0.1) is 12.7 Å². The molecule has 0 saturated carbocycles. The molecule has 3 aromatic rings. The van der Waals surface area contributed by atoms with Crippen LogP contribution < -0.4 is 14.7 Å². The molecule has 1 aliphatic heterocycles. The van der Waals surface area contributed by atoms with Gasteiger partial charge < -0.3 is 19.4 Å². The summed E-state index contributed by atoms with van der Waals surface area (Å²) >= 11 is 0. The highest BCUT2D eigenvalue weighted by atomic mass is 19.1. The van der Waals surface area contributed by atoms with Crippen molar-refractivity contribution in [3.05, 3.63) is 59.5 Å². The minimum Gasteiger partial charge on any atom is -0.462 e. The van der Waals surface area contributed by atoms with E-state index >= 15 is 0 Å². The Balaban J connectivity index is 1.57. The molecule has 1 fully saturated rings. The molecule has 0 amide bonds. The summed E-state index contributed by atoms with van der Waals surface area (Å²) in [4.78, 5) is 32.5. The summed E-state index contributed by atoms with van der Waals surface area (Å²) in [6, 6.07) is 10.3. The molecule has 0 bridgehead atoms. The van der Waals surface area contributed by atoms with E-state index in [1.807, 2.05) is 38.1 Å². The molecule has 1 saturated heterocycles. The summed E-state index contributed by atoms with van der Waals surface area (Å²) in [5.41, 5.74) is 2.99. The van der Waals surface area contributed by atoms with Crippen molar-refractivity contribution >= 4 is 23.6 Å². The number of piperazine rings is 1.